The molecule has 0 bridgehead atoms. The summed E-state index contributed by atoms with van der Waals surface area (Å²) >= 11 is 0. The van der Waals surface area contributed by atoms with Crippen molar-refractivity contribution in [2.45, 2.75) is 63.6 Å². The lowest BCUT2D eigenvalue weighted by Gasteiger charge is -2.30. The van der Waals surface area contributed by atoms with Crippen LogP contribution in [0.15, 0.2) is 5.03 Å². The number of hydrogen-bond donors (Lipinski definition) is 2. The quantitative estimate of drug-likeness (QED) is 0.839. The highest BCUT2D eigenvalue weighted by molar-refractivity contribution is 7.89. The lowest BCUT2D eigenvalue weighted by Crippen LogP contribution is -2.39. The fourth-order valence-corrected chi connectivity index (χ4v) is 4.45. The Bertz CT molecular complexity index is 562. The minimum atomic E-state index is -3.53. The van der Waals surface area contributed by atoms with Crippen LogP contribution in [0.1, 0.15) is 50.3 Å². The number of aryl methyl sites for hydroxylation is 1. The molecular formula is C14H26N4O2S. The van der Waals surface area contributed by atoms with Gasteiger partial charge in [-0.1, -0.05) is 26.2 Å². The summed E-state index contributed by atoms with van der Waals surface area (Å²) < 4.78 is 27.2. The standard InChI is InChI=1S/C14H26N4O2S/c1-4-15-10-13-11(2)16-17-14(13)21(19,20)18(3)12-8-6-5-7-9-12/h12,15H,4-10H2,1-3H3,(H,16,17). The van der Waals surface area contributed by atoms with Gasteiger partial charge in [-0.15, -0.1) is 0 Å². The van der Waals surface area contributed by atoms with Crippen molar-refractivity contribution in [1.82, 2.24) is 19.8 Å². The minimum absolute atomic E-state index is 0.104. The highest BCUT2D eigenvalue weighted by Gasteiger charge is 2.33. The zero-order valence-corrected chi connectivity index (χ0v) is 14.0. The molecule has 0 saturated heterocycles. The number of hydrogen-bond acceptors (Lipinski definition) is 4. The van der Waals surface area contributed by atoms with Crippen LogP contribution < -0.4 is 5.32 Å². The molecule has 7 heteroatoms. The maximum absolute atomic E-state index is 12.8. The molecule has 0 spiro atoms. The molecule has 1 heterocycles. The van der Waals surface area contributed by atoms with Gasteiger partial charge in [0.05, 0.1) is 0 Å². The van der Waals surface area contributed by atoms with Crippen LogP contribution in [0.2, 0.25) is 0 Å². The normalized spacial score (nSPS) is 17.5. The maximum atomic E-state index is 12.8. The van der Waals surface area contributed by atoms with E-state index in [0.29, 0.717) is 6.54 Å². The molecule has 6 nitrogen and oxygen atoms in total. The molecule has 0 unspecified atom stereocenters. The first-order valence-electron chi connectivity index (χ1n) is 7.71. The Morgan fingerprint density at radius 1 is 1.33 bits per heavy atom. The molecule has 1 aliphatic carbocycles. The van der Waals surface area contributed by atoms with Crippen LogP contribution in [0.5, 0.6) is 0 Å². The van der Waals surface area contributed by atoms with Gasteiger partial charge in [0, 0.05) is 30.9 Å². The van der Waals surface area contributed by atoms with E-state index in [9.17, 15) is 8.42 Å². The van der Waals surface area contributed by atoms with E-state index in [1.807, 2.05) is 13.8 Å². The van der Waals surface area contributed by atoms with Gasteiger partial charge >= 0.3 is 0 Å². The Morgan fingerprint density at radius 3 is 2.62 bits per heavy atom. The predicted molar refractivity (Wildman–Crippen MR) is 82.5 cm³/mol. The zero-order chi connectivity index (χ0) is 15.5. The van der Waals surface area contributed by atoms with Crippen molar-refractivity contribution >= 4 is 10.0 Å². The third-order valence-corrected chi connectivity index (χ3v) is 6.18. The molecule has 0 aliphatic heterocycles. The van der Waals surface area contributed by atoms with Gasteiger partial charge in [-0.2, -0.15) is 9.40 Å². The first kappa shape index (κ1) is 16.5. The van der Waals surface area contributed by atoms with E-state index < -0.39 is 10.0 Å². The summed E-state index contributed by atoms with van der Waals surface area (Å²) in [5.74, 6) is 0. The number of rotatable bonds is 6. The molecule has 21 heavy (non-hydrogen) atoms. The fourth-order valence-electron chi connectivity index (χ4n) is 2.88. The van der Waals surface area contributed by atoms with Crippen LogP contribution in [0.4, 0.5) is 0 Å². The van der Waals surface area contributed by atoms with Crippen molar-refractivity contribution < 1.29 is 8.42 Å². The third kappa shape index (κ3) is 3.46. The van der Waals surface area contributed by atoms with Crippen molar-refractivity contribution in [3.63, 3.8) is 0 Å². The van der Waals surface area contributed by atoms with Crippen molar-refractivity contribution in [2.24, 2.45) is 0 Å². The average Bonchev–Trinajstić information content (AvgIpc) is 2.87. The maximum Gasteiger partial charge on any atom is 0.262 e. The number of aromatic amines is 1. The first-order chi connectivity index (χ1) is 9.98. The lowest BCUT2D eigenvalue weighted by atomic mass is 9.96. The molecule has 0 aromatic carbocycles. The van der Waals surface area contributed by atoms with Crippen LogP contribution in [0, 0.1) is 6.92 Å². The minimum Gasteiger partial charge on any atom is -0.313 e. The van der Waals surface area contributed by atoms with Crippen LogP contribution in [-0.4, -0.2) is 42.6 Å². The van der Waals surface area contributed by atoms with E-state index >= 15 is 0 Å². The molecule has 0 radical (unpaired) electrons. The molecule has 1 fully saturated rings. The smallest absolute Gasteiger partial charge is 0.262 e. The second-order valence-electron chi connectivity index (χ2n) is 5.73. The topological polar surface area (TPSA) is 78.1 Å². The van der Waals surface area contributed by atoms with Crippen molar-refractivity contribution in [3.8, 4) is 0 Å². The molecule has 120 valence electrons. The summed E-state index contributed by atoms with van der Waals surface area (Å²) in [6, 6.07) is 0.104. The van der Waals surface area contributed by atoms with Crippen molar-refractivity contribution in [3.05, 3.63) is 11.3 Å². The van der Waals surface area contributed by atoms with Crippen LogP contribution in [-0.2, 0) is 16.6 Å². The fraction of sp³-hybridized carbons (Fsp3) is 0.786. The lowest BCUT2D eigenvalue weighted by molar-refractivity contribution is 0.285. The van der Waals surface area contributed by atoms with Crippen molar-refractivity contribution in [1.29, 1.82) is 0 Å². The van der Waals surface area contributed by atoms with E-state index in [0.717, 1.165) is 43.5 Å². The van der Waals surface area contributed by atoms with E-state index in [1.54, 1.807) is 7.05 Å². The van der Waals surface area contributed by atoms with Crippen molar-refractivity contribution in [2.75, 3.05) is 13.6 Å². The number of sulfonamides is 1. The van der Waals surface area contributed by atoms with Gasteiger partial charge in [-0.3, -0.25) is 5.10 Å². The van der Waals surface area contributed by atoms with E-state index in [2.05, 4.69) is 15.5 Å². The number of aromatic nitrogens is 2. The van der Waals surface area contributed by atoms with Gasteiger partial charge in [0.1, 0.15) is 0 Å². The molecule has 0 amide bonds. The van der Waals surface area contributed by atoms with Gasteiger partial charge in [0.25, 0.3) is 10.0 Å². The molecule has 1 aliphatic rings. The van der Waals surface area contributed by atoms with Gasteiger partial charge in [-0.25, -0.2) is 8.42 Å². The largest absolute Gasteiger partial charge is 0.313 e. The molecule has 1 aromatic rings. The third-order valence-electron chi connectivity index (χ3n) is 4.30. The molecule has 2 rings (SSSR count). The Kier molecular flexibility index (Phi) is 5.40. The zero-order valence-electron chi connectivity index (χ0n) is 13.1. The number of nitrogens with zero attached hydrogens (tertiary/aromatic N) is 2. The summed E-state index contributed by atoms with van der Waals surface area (Å²) in [6.45, 7) is 5.17. The first-order valence-corrected chi connectivity index (χ1v) is 9.15. The van der Waals surface area contributed by atoms with E-state index in [1.165, 1.54) is 10.7 Å². The Balaban J connectivity index is 2.26. The Morgan fingerprint density at radius 2 is 2.00 bits per heavy atom. The van der Waals surface area contributed by atoms with Gasteiger partial charge < -0.3 is 5.32 Å². The molecule has 0 atom stereocenters. The SMILES string of the molecule is CCNCc1c(S(=O)(=O)N(C)C2CCCCC2)n[nH]c1C. The predicted octanol–water partition coefficient (Wildman–Crippen LogP) is 1.78. The van der Waals surface area contributed by atoms with Gasteiger partial charge in [0.2, 0.25) is 0 Å². The summed E-state index contributed by atoms with van der Waals surface area (Å²) in [5, 5.41) is 10.2. The molecule has 1 aromatic heterocycles. The van der Waals surface area contributed by atoms with E-state index in [4.69, 9.17) is 0 Å². The second-order valence-corrected chi connectivity index (χ2v) is 7.64. The van der Waals surface area contributed by atoms with Crippen LogP contribution in [0.3, 0.4) is 0 Å². The summed E-state index contributed by atoms with van der Waals surface area (Å²) in [6.07, 6.45) is 5.31. The number of nitrogens with one attached hydrogen (secondary N) is 2. The Hall–Kier alpha value is -0.920. The van der Waals surface area contributed by atoms with E-state index in [-0.39, 0.29) is 11.1 Å². The Labute approximate surface area is 127 Å². The molecular weight excluding hydrogens is 288 g/mol. The van der Waals surface area contributed by atoms with Gasteiger partial charge in [-0.05, 0) is 26.3 Å². The summed E-state index contributed by atoms with van der Waals surface area (Å²) in [5.41, 5.74) is 1.56. The molecule has 2 N–H and O–H groups in total. The van der Waals surface area contributed by atoms with Gasteiger partial charge in [0.15, 0.2) is 5.03 Å². The summed E-state index contributed by atoms with van der Waals surface area (Å²) in [4.78, 5) is 0. The van der Waals surface area contributed by atoms with Crippen LogP contribution in [0.25, 0.3) is 0 Å². The number of H-pyrrole nitrogens is 1. The second kappa shape index (κ2) is 6.89. The monoisotopic (exact) mass is 314 g/mol. The highest BCUT2D eigenvalue weighted by Crippen LogP contribution is 2.27. The highest BCUT2D eigenvalue weighted by atomic mass is 32.2. The van der Waals surface area contributed by atoms with Crippen LogP contribution >= 0.6 is 0 Å². The average molecular weight is 314 g/mol. The molecule has 1 saturated carbocycles. The summed E-state index contributed by atoms with van der Waals surface area (Å²) in [7, 11) is -1.84.